The van der Waals surface area contributed by atoms with E-state index in [0.29, 0.717) is 18.0 Å². The Balaban J connectivity index is 2.17. The minimum absolute atomic E-state index is 0.134. The number of anilines is 1. The Labute approximate surface area is 181 Å². The third kappa shape index (κ3) is 4.71. The quantitative estimate of drug-likeness (QED) is 0.666. The van der Waals surface area contributed by atoms with Gasteiger partial charge in [0.2, 0.25) is 5.91 Å². The zero-order valence-electron chi connectivity index (χ0n) is 18.5. The van der Waals surface area contributed by atoms with Crippen LogP contribution in [-0.2, 0) is 17.4 Å². The van der Waals surface area contributed by atoms with Gasteiger partial charge in [0.15, 0.2) is 0 Å². The zero-order valence-corrected chi connectivity index (χ0v) is 18.5. The van der Waals surface area contributed by atoms with E-state index in [4.69, 9.17) is 4.74 Å². The monoisotopic (exact) mass is 434 g/mol. The average molecular weight is 435 g/mol. The number of carbonyl (C=O) groups is 1. The Morgan fingerprint density at radius 1 is 1.16 bits per heavy atom. The van der Waals surface area contributed by atoms with Crippen molar-refractivity contribution in [1.82, 2.24) is 4.90 Å². The number of ether oxygens (including phenoxy) is 1. The fourth-order valence-corrected chi connectivity index (χ4v) is 4.51. The number of hydrogen-bond acceptors (Lipinski definition) is 3. The molecule has 2 aromatic carbocycles. The minimum atomic E-state index is -4.50. The largest absolute Gasteiger partial charge is 0.497 e. The molecule has 1 aliphatic heterocycles. The average Bonchev–Trinajstić information content (AvgIpc) is 2.81. The van der Waals surface area contributed by atoms with Crippen LogP contribution in [0.15, 0.2) is 42.5 Å². The van der Waals surface area contributed by atoms with Crippen LogP contribution >= 0.6 is 0 Å². The number of methoxy groups -OCH3 is 1. The molecule has 2 aromatic rings. The first-order chi connectivity index (χ1) is 14.5. The van der Waals surface area contributed by atoms with Crippen LogP contribution in [0.25, 0.3) is 0 Å². The van der Waals surface area contributed by atoms with Crippen molar-refractivity contribution in [3.05, 3.63) is 59.2 Å². The van der Waals surface area contributed by atoms with Gasteiger partial charge >= 0.3 is 6.18 Å². The van der Waals surface area contributed by atoms with Gasteiger partial charge in [0.1, 0.15) is 5.75 Å². The Kier molecular flexibility index (Phi) is 6.65. The van der Waals surface area contributed by atoms with Gasteiger partial charge in [-0.15, -0.1) is 0 Å². The molecule has 0 aromatic heterocycles. The van der Waals surface area contributed by atoms with E-state index in [-0.39, 0.29) is 29.9 Å². The first-order valence-electron chi connectivity index (χ1n) is 10.4. The fourth-order valence-electron chi connectivity index (χ4n) is 4.51. The van der Waals surface area contributed by atoms with E-state index in [2.05, 4.69) is 0 Å². The van der Waals surface area contributed by atoms with Crippen LogP contribution in [0.4, 0.5) is 18.9 Å². The first kappa shape index (κ1) is 23.1. The highest BCUT2D eigenvalue weighted by molar-refractivity contribution is 5.98. The summed E-state index contributed by atoms with van der Waals surface area (Å²) < 4.78 is 47.0. The molecule has 0 saturated heterocycles. The van der Waals surface area contributed by atoms with Crippen molar-refractivity contribution in [3.8, 4) is 5.75 Å². The number of halogens is 3. The third-order valence-electron chi connectivity index (χ3n) is 5.98. The summed E-state index contributed by atoms with van der Waals surface area (Å²) in [5, 5.41) is 0. The van der Waals surface area contributed by atoms with Crippen molar-refractivity contribution in [3.63, 3.8) is 0 Å². The first-order valence-corrected chi connectivity index (χ1v) is 10.4. The summed E-state index contributed by atoms with van der Waals surface area (Å²) in [6.45, 7) is 4.23. The summed E-state index contributed by atoms with van der Waals surface area (Å²) >= 11 is 0. The van der Waals surface area contributed by atoms with Gasteiger partial charge in [0.05, 0.1) is 12.7 Å². The van der Waals surface area contributed by atoms with Crippen molar-refractivity contribution >= 4 is 11.6 Å². The molecule has 4 nitrogen and oxygen atoms in total. The van der Waals surface area contributed by atoms with Crippen molar-refractivity contribution in [2.75, 3.05) is 32.6 Å². The number of likely N-dealkylation sites (N-methyl/N-ethyl adjacent to an activating group) is 1. The van der Waals surface area contributed by atoms with Gasteiger partial charge in [0.25, 0.3) is 0 Å². The van der Waals surface area contributed by atoms with Crippen molar-refractivity contribution in [2.24, 2.45) is 5.92 Å². The lowest BCUT2D eigenvalue weighted by Gasteiger charge is -2.33. The molecular weight excluding hydrogens is 405 g/mol. The van der Waals surface area contributed by atoms with Gasteiger partial charge in [-0.25, -0.2) is 0 Å². The maximum Gasteiger partial charge on any atom is 0.416 e. The number of amides is 1. The van der Waals surface area contributed by atoms with Gasteiger partial charge < -0.3 is 14.5 Å². The topological polar surface area (TPSA) is 32.8 Å². The standard InChI is InChI=1S/C24H29F3N2O2/c1-15(14-28(3)4)29-22-8-6-7-21(24(25,26)27)20(22)13-19(16(2)23(29)30)17-9-11-18(31-5)12-10-17/h6-12,15-16,19H,13-14H2,1-5H3/t15-,16-,19-/m1/s1. The summed E-state index contributed by atoms with van der Waals surface area (Å²) in [7, 11) is 5.33. The molecule has 0 radical (unpaired) electrons. The Bertz CT molecular complexity index is 925. The van der Waals surface area contributed by atoms with Gasteiger partial charge in [-0.1, -0.05) is 25.1 Å². The molecule has 168 valence electrons. The lowest BCUT2D eigenvalue weighted by Crippen LogP contribution is -2.46. The SMILES string of the molecule is COc1ccc([C@@H]2Cc3c(cccc3C(F)(F)F)N([C@H](C)CN(C)C)C(=O)[C@@H]2C)cc1. The molecule has 1 amide bonds. The van der Waals surface area contributed by atoms with Crippen LogP contribution in [0.1, 0.15) is 36.5 Å². The van der Waals surface area contributed by atoms with Crippen LogP contribution in [0, 0.1) is 5.92 Å². The summed E-state index contributed by atoms with van der Waals surface area (Å²) in [6, 6.07) is 11.1. The number of fused-ring (bicyclic) bond motifs is 1. The Morgan fingerprint density at radius 2 is 1.81 bits per heavy atom. The van der Waals surface area contributed by atoms with E-state index in [1.54, 1.807) is 30.2 Å². The molecule has 0 unspecified atom stereocenters. The van der Waals surface area contributed by atoms with Gasteiger partial charge in [0, 0.05) is 24.2 Å². The number of hydrogen-bond donors (Lipinski definition) is 0. The minimum Gasteiger partial charge on any atom is -0.497 e. The summed E-state index contributed by atoms with van der Waals surface area (Å²) in [4.78, 5) is 17.1. The lowest BCUT2D eigenvalue weighted by molar-refractivity contribution is -0.138. The second kappa shape index (κ2) is 8.91. The highest BCUT2D eigenvalue weighted by atomic mass is 19.4. The maximum absolute atomic E-state index is 13.9. The molecule has 1 heterocycles. The predicted octanol–water partition coefficient (Wildman–Crippen LogP) is 4.97. The van der Waals surface area contributed by atoms with Crippen LogP contribution in [-0.4, -0.2) is 44.6 Å². The molecule has 3 atom stereocenters. The zero-order chi connectivity index (χ0) is 22.9. The van der Waals surface area contributed by atoms with Crippen LogP contribution in [0.5, 0.6) is 5.75 Å². The number of rotatable bonds is 5. The normalized spacial score (nSPS) is 20.4. The Morgan fingerprint density at radius 3 is 2.35 bits per heavy atom. The van der Waals surface area contributed by atoms with E-state index in [0.717, 1.165) is 11.6 Å². The third-order valence-corrected chi connectivity index (χ3v) is 5.98. The molecule has 0 fully saturated rings. The molecule has 0 bridgehead atoms. The highest BCUT2D eigenvalue weighted by Crippen LogP contribution is 2.44. The number of nitrogens with zero attached hydrogens (tertiary/aromatic N) is 2. The smallest absolute Gasteiger partial charge is 0.416 e. The van der Waals surface area contributed by atoms with Crippen molar-refractivity contribution in [2.45, 2.75) is 38.4 Å². The van der Waals surface area contributed by atoms with E-state index in [1.165, 1.54) is 6.07 Å². The lowest BCUT2D eigenvalue weighted by atomic mass is 9.82. The number of carbonyl (C=O) groups excluding carboxylic acids is 1. The Hall–Kier alpha value is -2.54. The summed E-state index contributed by atoms with van der Waals surface area (Å²) in [5.74, 6) is -0.356. The second-order valence-electron chi connectivity index (χ2n) is 8.49. The molecule has 0 spiro atoms. The number of benzene rings is 2. The maximum atomic E-state index is 13.9. The fraction of sp³-hybridized carbons (Fsp3) is 0.458. The molecule has 7 heteroatoms. The van der Waals surface area contributed by atoms with E-state index < -0.39 is 17.7 Å². The predicted molar refractivity (Wildman–Crippen MR) is 116 cm³/mol. The van der Waals surface area contributed by atoms with Crippen LogP contribution in [0.2, 0.25) is 0 Å². The van der Waals surface area contributed by atoms with Crippen LogP contribution < -0.4 is 9.64 Å². The van der Waals surface area contributed by atoms with E-state index >= 15 is 0 Å². The molecule has 1 aliphatic rings. The van der Waals surface area contributed by atoms with Crippen LogP contribution in [0.3, 0.4) is 0 Å². The molecule has 31 heavy (non-hydrogen) atoms. The van der Waals surface area contributed by atoms with Gasteiger partial charge in [-0.2, -0.15) is 13.2 Å². The highest BCUT2D eigenvalue weighted by Gasteiger charge is 2.42. The van der Waals surface area contributed by atoms with Crippen molar-refractivity contribution in [1.29, 1.82) is 0 Å². The molecular formula is C24H29F3N2O2. The molecule has 3 rings (SSSR count). The molecule has 0 saturated carbocycles. The molecule has 0 aliphatic carbocycles. The van der Waals surface area contributed by atoms with E-state index in [9.17, 15) is 18.0 Å². The van der Waals surface area contributed by atoms with Gasteiger partial charge in [-0.3, -0.25) is 4.79 Å². The number of alkyl halides is 3. The van der Waals surface area contributed by atoms with Crippen molar-refractivity contribution < 1.29 is 22.7 Å². The summed E-state index contributed by atoms with van der Waals surface area (Å²) in [5.41, 5.74) is 0.690. The second-order valence-corrected chi connectivity index (χ2v) is 8.49. The van der Waals surface area contributed by atoms with Gasteiger partial charge in [-0.05, 0) is 68.8 Å². The summed E-state index contributed by atoms with van der Waals surface area (Å²) in [6.07, 6.45) is -4.36. The van der Waals surface area contributed by atoms with E-state index in [1.807, 2.05) is 45.0 Å². The molecule has 0 N–H and O–H groups in total.